The molecular weight excluding hydrogens is 126 g/mol. The summed E-state index contributed by atoms with van der Waals surface area (Å²) in [5, 5.41) is 11.8. The van der Waals surface area contributed by atoms with E-state index in [4.69, 9.17) is 5.11 Å². The standard InChI is InChI=1S/C8H17NO/c1-8(3-4-8)7-9-5-2-6-10/h9-10H,2-7H2,1H3. The zero-order valence-corrected chi connectivity index (χ0v) is 6.69. The third-order valence-corrected chi connectivity index (χ3v) is 2.17. The first kappa shape index (κ1) is 8.02. The molecule has 2 N–H and O–H groups in total. The molecule has 1 rings (SSSR count). The number of aliphatic hydroxyl groups is 1. The molecule has 0 unspecified atom stereocenters. The van der Waals surface area contributed by atoms with Crippen LogP contribution in [0.25, 0.3) is 0 Å². The first-order chi connectivity index (χ1) is 4.77. The molecule has 1 aliphatic rings. The second kappa shape index (κ2) is 3.35. The largest absolute Gasteiger partial charge is 0.396 e. The number of hydrogen-bond acceptors (Lipinski definition) is 2. The number of rotatable bonds is 5. The first-order valence-electron chi connectivity index (χ1n) is 4.08. The Morgan fingerprint density at radius 3 is 2.70 bits per heavy atom. The summed E-state index contributed by atoms with van der Waals surface area (Å²) in [6, 6.07) is 0. The quantitative estimate of drug-likeness (QED) is 0.557. The fourth-order valence-electron chi connectivity index (χ4n) is 0.984. The highest BCUT2D eigenvalue weighted by atomic mass is 16.3. The van der Waals surface area contributed by atoms with Crippen LogP contribution in [0.3, 0.4) is 0 Å². The maximum Gasteiger partial charge on any atom is 0.0443 e. The van der Waals surface area contributed by atoms with E-state index in [1.807, 2.05) is 0 Å². The molecular formula is C8H17NO. The minimum atomic E-state index is 0.309. The molecule has 0 saturated heterocycles. The Kier molecular flexibility index (Phi) is 2.69. The van der Waals surface area contributed by atoms with Crippen LogP contribution in [0.1, 0.15) is 26.2 Å². The van der Waals surface area contributed by atoms with Gasteiger partial charge in [-0.25, -0.2) is 0 Å². The van der Waals surface area contributed by atoms with E-state index in [1.165, 1.54) is 12.8 Å². The van der Waals surface area contributed by atoms with Gasteiger partial charge in [0.05, 0.1) is 0 Å². The fourth-order valence-corrected chi connectivity index (χ4v) is 0.984. The molecule has 1 aliphatic carbocycles. The summed E-state index contributed by atoms with van der Waals surface area (Å²) in [6.07, 6.45) is 3.63. The molecule has 0 bridgehead atoms. The molecule has 0 heterocycles. The summed E-state index contributed by atoms with van der Waals surface area (Å²) in [6.45, 7) is 4.71. The minimum absolute atomic E-state index is 0.309. The highest BCUT2D eigenvalue weighted by molar-refractivity contribution is 4.90. The lowest BCUT2D eigenvalue weighted by atomic mass is 10.1. The predicted molar refractivity (Wildman–Crippen MR) is 41.9 cm³/mol. The van der Waals surface area contributed by atoms with Crippen molar-refractivity contribution in [1.82, 2.24) is 5.32 Å². The molecule has 0 radical (unpaired) electrons. The van der Waals surface area contributed by atoms with Gasteiger partial charge in [0.2, 0.25) is 0 Å². The van der Waals surface area contributed by atoms with Crippen molar-refractivity contribution < 1.29 is 5.11 Å². The highest BCUT2D eigenvalue weighted by Gasteiger charge is 2.36. The molecule has 0 aromatic carbocycles. The van der Waals surface area contributed by atoms with Gasteiger partial charge >= 0.3 is 0 Å². The van der Waals surface area contributed by atoms with E-state index in [2.05, 4.69) is 12.2 Å². The van der Waals surface area contributed by atoms with E-state index >= 15 is 0 Å². The van der Waals surface area contributed by atoms with Crippen molar-refractivity contribution >= 4 is 0 Å². The number of nitrogens with one attached hydrogen (secondary N) is 1. The van der Waals surface area contributed by atoms with Crippen LogP contribution in [0.4, 0.5) is 0 Å². The molecule has 2 nitrogen and oxygen atoms in total. The first-order valence-corrected chi connectivity index (χ1v) is 4.08. The van der Waals surface area contributed by atoms with E-state index in [0.717, 1.165) is 19.5 Å². The van der Waals surface area contributed by atoms with Crippen molar-refractivity contribution in [3.05, 3.63) is 0 Å². The van der Waals surface area contributed by atoms with Crippen LogP contribution in [0.15, 0.2) is 0 Å². The summed E-state index contributed by atoms with van der Waals surface area (Å²) in [5.74, 6) is 0. The highest BCUT2D eigenvalue weighted by Crippen LogP contribution is 2.43. The lowest BCUT2D eigenvalue weighted by Gasteiger charge is -2.08. The van der Waals surface area contributed by atoms with Crippen LogP contribution in [-0.4, -0.2) is 24.8 Å². The summed E-state index contributed by atoms with van der Waals surface area (Å²) >= 11 is 0. The van der Waals surface area contributed by atoms with Crippen LogP contribution in [0, 0.1) is 5.41 Å². The Morgan fingerprint density at radius 1 is 1.50 bits per heavy atom. The average molecular weight is 143 g/mol. The Hall–Kier alpha value is -0.0800. The van der Waals surface area contributed by atoms with Gasteiger partial charge in [-0.1, -0.05) is 6.92 Å². The van der Waals surface area contributed by atoms with E-state index in [-0.39, 0.29) is 0 Å². The third kappa shape index (κ3) is 2.67. The minimum Gasteiger partial charge on any atom is -0.396 e. The summed E-state index contributed by atoms with van der Waals surface area (Å²) in [5.41, 5.74) is 0.607. The molecule has 60 valence electrons. The van der Waals surface area contributed by atoms with Crippen molar-refractivity contribution in [2.24, 2.45) is 5.41 Å². The van der Waals surface area contributed by atoms with Crippen LogP contribution < -0.4 is 5.32 Å². The van der Waals surface area contributed by atoms with Gasteiger partial charge in [-0.15, -0.1) is 0 Å². The predicted octanol–water partition coefficient (Wildman–Crippen LogP) is 0.758. The summed E-state index contributed by atoms with van der Waals surface area (Å²) in [4.78, 5) is 0. The van der Waals surface area contributed by atoms with E-state index in [0.29, 0.717) is 12.0 Å². The molecule has 0 aromatic heterocycles. The van der Waals surface area contributed by atoms with Crippen molar-refractivity contribution in [2.45, 2.75) is 26.2 Å². The topological polar surface area (TPSA) is 32.3 Å². The summed E-state index contributed by atoms with van der Waals surface area (Å²) < 4.78 is 0. The smallest absolute Gasteiger partial charge is 0.0443 e. The van der Waals surface area contributed by atoms with Crippen molar-refractivity contribution in [3.63, 3.8) is 0 Å². The second-order valence-corrected chi connectivity index (χ2v) is 3.56. The number of hydrogen-bond donors (Lipinski definition) is 2. The summed E-state index contributed by atoms with van der Waals surface area (Å²) in [7, 11) is 0. The van der Waals surface area contributed by atoms with E-state index in [1.54, 1.807) is 0 Å². The molecule has 0 amide bonds. The van der Waals surface area contributed by atoms with E-state index < -0.39 is 0 Å². The maximum absolute atomic E-state index is 8.47. The molecule has 2 heteroatoms. The molecule has 1 fully saturated rings. The van der Waals surface area contributed by atoms with Gasteiger partial charge in [-0.2, -0.15) is 0 Å². The van der Waals surface area contributed by atoms with Crippen LogP contribution in [-0.2, 0) is 0 Å². The lowest BCUT2D eigenvalue weighted by Crippen LogP contribution is -2.23. The SMILES string of the molecule is CC1(CNCCCO)CC1. The third-order valence-electron chi connectivity index (χ3n) is 2.17. The Morgan fingerprint density at radius 2 is 2.20 bits per heavy atom. The van der Waals surface area contributed by atoms with Gasteiger partial charge in [0.1, 0.15) is 0 Å². The van der Waals surface area contributed by atoms with Gasteiger partial charge < -0.3 is 10.4 Å². The van der Waals surface area contributed by atoms with Gasteiger partial charge in [-0.05, 0) is 31.2 Å². The van der Waals surface area contributed by atoms with Crippen LogP contribution in [0.2, 0.25) is 0 Å². The monoisotopic (exact) mass is 143 g/mol. The normalized spacial score (nSPS) is 21.0. The zero-order chi connectivity index (χ0) is 7.45. The molecule has 0 aliphatic heterocycles. The average Bonchev–Trinajstić information content (AvgIpc) is 2.62. The van der Waals surface area contributed by atoms with Crippen molar-refractivity contribution in [1.29, 1.82) is 0 Å². The van der Waals surface area contributed by atoms with Crippen molar-refractivity contribution in [3.8, 4) is 0 Å². The van der Waals surface area contributed by atoms with Crippen molar-refractivity contribution in [2.75, 3.05) is 19.7 Å². The number of aliphatic hydroxyl groups excluding tert-OH is 1. The molecule has 0 atom stereocenters. The zero-order valence-electron chi connectivity index (χ0n) is 6.69. The molecule has 0 spiro atoms. The van der Waals surface area contributed by atoms with Gasteiger partial charge in [0.25, 0.3) is 0 Å². The Bertz CT molecular complexity index is 99.4. The molecule has 0 aromatic rings. The maximum atomic E-state index is 8.47. The second-order valence-electron chi connectivity index (χ2n) is 3.56. The molecule has 10 heavy (non-hydrogen) atoms. The van der Waals surface area contributed by atoms with E-state index in [9.17, 15) is 0 Å². The Labute approximate surface area is 62.6 Å². The molecule has 1 saturated carbocycles. The van der Waals surface area contributed by atoms with Crippen LogP contribution in [0.5, 0.6) is 0 Å². The lowest BCUT2D eigenvalue weighted by molar-refractivity contribution is 0.284. The van der Waals surface area contributed by atoms with Gasteiger partial charge in [0, 0.05) is 13.2 Å². The van der Waals surface area contributed by atoms with Gasteiger partial charge in [0.15, 0.2) is 0 Å². The Balaban J connectivity index is 1.86. The fraction of sp³-hybridized carbons (Fsp3) is 1.00. The van der Waals surface area contributed by atoms with Crippen LogP contribution >= 0.6 is 0 Å². The van der Waals surface area contributed by atoms with Gasteiger partial charge in [-0.3, -0.25) is 0 Å².